The van der Waals surface area contributed by atoms with Gasteiger partial charge in [-0.25, -0.2) is 9.97 Å². The Hall–Kier alpha value is -5.80. The number of nitrogens with two attached hydrogens (primary N) is 1. The Kier molecular flexibility index (Phi) is 9.26. The average Bonchev–Trinajstić information content (AvgIpc) is 3.90. The van der Waals surface area contributed by atoms with Crippen molar-refractivity contribution < 1.29 is 19.4 Å². The summed E-state index contributed by atoms with van der Waals surface area (Å²) < 4.78 is 6.41. The summed E-state index contributed by atoms with van der Waals surface area (Å²) in [6.07, 6.45) is 4.90. The van der Waals surface area contributed by atoms with Crippen LogP contribution in [0.25, 0.3) is 44.6 Å². The van der Waals surface area contributed by atoms with Gasteiger partial charge in [-0.1, -0.05) is 24.3 Å². The Balaban J connectivity index is 1.08. The number of likely N-dealkylation sites (tertiary alicyclic amines) is 2. The van der Waals surface area contributed by atoms with Gasteiger partial charge in [-0.2, -0.15) is 0 Å². The number of oxazole rings is 1. The second-order valence-electron chi connectivity index (χ2n) is 14.2. The van der Waals surface area contributed by atoms with Crippen molar-refractivity contribution in [1.82, 2.24) is 24.8 Å². The number of pyridine rings is 2. The standard InChI is InChI=1S/C42H41N7O4/c1-25-33(5-3-7-35(25)41-47-37-19-27(17-30(9-13-43)39(37)53-41)21-48-15-11-31(23-48)42(51)52)34-6-4-8-36(26(34)2)46-40-38-29(10-14-44-40)18-28(20-45-38)22-49-16-12-32(50)24-49/h3-8,10,14,17-20,31-32,50H,11-12,15-16,21-24,43H2,1-2H3,(H,44,46)(H,51,52)/t31-,32-/m1/s1. The number of β-amino-alcohol motifs (C(OH)–C–C–N with tert-alkyl or cyclic N) is 1. The smallest absolute Gasteiger partial charge is 0.307 e. The van der Waals surface area contributed by atoms with Crippen molar-refractivity contribution in [3.8, 4) is 34.5 Å². The number of aromatic nitrogens is 3. The van der Waals surface area contributed by atoms with Crippen molar-refractivity contribution in [2.24, 2.45) is 11.7 Å². The van der Waals surface area contributed by atoms with E-state index in [1.54, 1.807) is 6.20 Å². The van der Waals surface area contributed by atoms with E-state index in [1.807, 2.05) is 48.7 Å². The number of aliphatic carboxylic acids is 1. The summed E-state index contributed by atoms with van der Waals surface area (Å²) in [6.45, 7) is 8.34. The van der Waals surface area contributed by atoms with E-state index in [0.717, 1.165) is 81.6 Å². The molecule has 0 unspecified atom stereocenters. The van der Waals surface area contributed by atoms with E-state index in [1.165, 1.54) is 0 Å². The van der Waals surface area contributed by atoms with Crippen molar-refractivity contribution in [3.05, 3.63) is 101 Å². The Labute approximate surface area is 307 Å². The van der Waals surface area contributed by atoms with Gasteiger partial charge in [0.1, 0.15) is 11.0 Å². The quantitative estimate of drug-likeness (QED) is 0.100. The minimum absolute atomic E-state index is 0.252. The van der Waals surface area contributed by atoms with Crippen LogP contribution in [0.2, 0.25) is 0 Å². The Morgan fingerprint density at radius 3 is 2.47 bits per heavy atom. The fourth-order valence-corrected chi connectivity index (χ4v) is 7.75. The number of aliphatic hydroxyl groups is 1. The van der Waals surface area contributed by atoms with Crippen molar-refractivity contribution in [2.45, 2.75) is 45.9 Å². The number of carboxylic acid groups (broad SMARTS) is 1. The molecule has 5 N–H and O–H groups in total. The fraction of sp³-hybridized carbons (Fsp3) is 0.286. The van der Waals surface area contributed by atoms with Gasteiger partial charge in [0.05, 0.1) is 17.6 Å². The van der Waals surface area contributed by atoms with Crippen molar-refractivity contribution >= 4 is 39.5 Å². The number of aliphatic hydroxyl groups excluding tert-OH is 1. The van der Waals surface area contributed by atoms with Gasteiger partial charge in [-0.3, -0.25) is 19.6 Å². The molecule has 0 saturated carbocycles. The maximum Gasteiger partial charge on any atom is 0.307 e. The van der Waals surface area contributed by atoms with Crippen LogP contribution < -0.4 is 11.1 Å². The summed E-state index contributed by atoms with van der Waals surface area (Å²) in [5.74, 6) is 3.05. The monoisotopic (exact) mass is 707 g/mol. The number of anilines is 2. The zero-order valence-corrected chi connectivity index (χ0v) is 29.8. The van der Waals surface area contributed by atoms with Gasteiger partial charge in [0.25, 0.3) is 0 Å². The van der Waals surface area contributed by atoms with Crippen LogP contribution in [0.3, 0.4) is 0 Å². The van der Waals surface area contributed by atoms with E-state index in [4.69, 9.17) is 20.1 Å². The number of nitrogens with one attached hydrogen (secondary N) is 1. The number of carboxylic acids is 1. The molecule has 268 valence electrons. The van der Waals surface area contributed by atoms with Gasteiger partial charge in [0.2, 0.25) is 5.89 Å². The summed E-state index contributed by atoms with van der Waals surface area (Å²) >= 11 is 0. The lowest BCUT2D eigenvalue weighted by molar-refractivity contribution is -0.141. The normalized spacial score (nSPS) is 17.7. The highest BCUT2D eigenvalue weighted by Crippen LogP contribution is 2.38. The summed E-state index contributed by atoms with van der Waals surface area (Å²) in [6, 6.07) is 22.9. The number of hydrogen-bond acceptors (Lipinski definition) is 10. The number of fused-ring (bicyclic) bond motifs is 2. The van der Waals surface area contributed by atoms with Crippen LogP contribution in [0, 0.1) is 31.7 Å². The topological polar surface area (TPSA) is 154 Å². The van der Waals surface area contributed by atoms with Crippen LogP contribution in [0.15, 0.2) is 77.5 Å². The molecule has 2 fully saturated rings. The number of nitrogens with zero attached hydrogens (tertiary/aromatic N) is 5. The zero-order chi connectivity index (χ0) is 36.6. The highest BCUT2D eigenvalue weighted by atomic mass is 16.4. The third-order valence-corrected chi connectivity index (χ3v) is 10.5. The summed E-state index contributed by atoms with van der Waals surface area (Å²) in [7, 11) is 0. The first-order valence-electron chi connectivity index (χ1n) is 18.0. The molecule has 5 heterocycles. The summed E-state index contributed by atoms with van der Waals surface area (Å²) in [5.41, 5.74) is 16.4. The number of rotatable bonds is 9. The van der Waals surface area contributed by atoms with Crippen LogP contribution >= 0.6 is 0 Å². The van der Waals surface area contributed by atoms with Crippen LogP contribution in [0.1, 0.15) is 40.7 Å². The largest absolute Gasteiger partial charge is 0.481 e. The third kappa shape index (κ3) is 6.92. The minimum Gasteiger partial charge on any atom is -0.481 e. The molecule has 0 spiro atoms. The van der Waals surface area contributed by atoms with Crippen LogP contribution in [0.4, 0.5) is 11.5 Å². The van der Waals surface area contributed by atoms with Crippen LogP contribution in [0.5, 0.6) is 0 Å². The number of benzene rings is 3. The molecule has 2 aliphatic rings. The van der Waals surface area contributed by atoms with E-state index in [0.29, 0.717) is 54.4 Å². The molecule has 2 aliphatic heterocycles. The molecule has 3 aromatic heterocycles. The van der Waals surface area contributed by atoms with Crippen LogP contribution in [-0.2, 0) is 17.9 Å². The van der Waals surface area contributed by atoms with E-state index < -0.39 is 5.97 Å². The van der Waals surface area contributed by atoms with Gasteiger partial charge >= 0.3 is 5.97 Å². The molecule has 8 rings (SSSR count). The lowest BCUT2D eigenvalue weighted by Gasteiger charge is -2.17. The molecule has 0 amide bonds. The molecule has 0 aliphatic carbocycles. The maximum atomic E-state index is 11.5. The molecule has 6 aromatic rings. The maximum absolute atomic E-state index is 11.5. The molecule has 11 heteroatoms. The molecular weight excluding hydrogens is 667 g/mol. The summed E-state index contributed by atoms with van der Waals surface area (Å²) in [4.78, 5) is 30.3. The highest BCUT2D eigenvalue weighted by molar-refractivity contribution is 5.91. The first kappa shape index (κ1) is 34.3. The number of carbonyl (C=O) groups is 1. The van der Waals surface area contributed by atoms with E-state index >= 15 is 0 Å². The predicted octanol–water partition coefficient (Wildman–Crippen LogP) is 6.21. The number of hydrogen-bond donors (Lipinski definition) is 4. The predicted molar refractivity (Wildman–Crippen MR) is 205 cm³/mol. The molecule has 53 heavy (non-hydrogen) atoms. The van der Waals surface area contributed by atoms with Gasteiger partial charge in [-0.05, 0) is 109 Å². The molecule has 11 nitrogen and oxygen atoms in total. The Bertz CT molecular complexity index is 2430. The fourth-order valence-electron chi connectivity index (χ4n) is 7.75. The summed E-state index contributed by atoms with van der Waals surface area (Å²) in [5, 5.41) is 24.0. The average molecular weight is 708 g/mol. The molecule has 2 atom stereocenters. The first-order chi connectivity index (χ1) is 25.7. The second kappa shape index (κ2) is 14.3. The Morgan fingerprint density at radius 2 is 1.70 bits per heavy atom. The van der Waals surface area contributed by atoms with Gasteiger partial charge in [0, 0.05) is 67.8 Å². The molecule has 0 bridgehead atoms. The molecule has 2 saturated heterocycles. The lowest BCUT2D eigenvalue weighted by atomic mass is 9.93. The Morgan fingerprint density at radius 1 is 0.943 bits per heavy atom. The van der Waals surface area contributed by atoms with Gasteiger partial charge in [0.15, 0.2) is 11.4 Å². The van der Waals surface area contributed by atoms with E-state index in [2.05, 4.69) is 64.1 Å². The van der Waals surface area contributed by atoms with Gasteiger partial charge in [-0.15, -0.1) is 0 Å². The molecule has 0 radical (unpaired) electrons. The minimum atomic E-state index is -0.751. The van der Waals surface area contributed by atoms with Crippen LogP contribution in [-0.4, -0.2) is 73.2 Å². The van der Waals surface area contributed by atoms with Crippen molar-refractivity contribution in [1.29, 1.82) is 0 Å². The zero-order valence-electron chi connectivity index (χ0n) is 29.8. The van der Waals surface area contributed by atoms with Crippen molar-refractivity contribution in [2.75, 3.05) is 31.5 Å². The SMILES string of the molecule is Cc1c(Nc2nccc3cc(CN4CC[C@@H](O)C4)cnc23)cccc1-c1cccc(-c2nc3cc(CN4CC[C@@H](C(=O)O)C4)cc(C#CN)c3o2)c1C. The van der Waals surface area contributed by atoms with Gasteiger partial charge < -0.3 is 25.7 Å². The molecular formula is C42H41N7O4. The second-order valence-corrected chi connectivity index (χ2v) is 14.2. The van der Waals surface area contributed by atoms with E-state index in [9.17, 15) is 15.0 Å². The lowest BCUT2D eigenvalue weighted by Crippen LogP contribution is -2.22. The first-order valence-corrected chi connectivity index (χ1v) is 18.0. The third-order valence-electron chi connectivity index (χ3n) is 10.5. The van der Waals surface area contributed by atoms with E-state index in [-0.39, 0.29) is 12.0 Å². The molecule has 3 aromatic carbocycles. The van der Waals surface area contributed by atoms with Crippen molar-refractivity contribution in [3.63, 3.8) is 0 Å². The highest BCUT2D eigenvalue weighted by Gasteiger charge is 2.28.